The van der Waals surface area contributed by atoms with Crippen LogP contribution in [0.1, 0.15) is 61.3 Å². The van der Waals surface area contributed by atoms with Gasteiger partial charge in [-0.3, -0.25) is 0 Å². The Kier molecular flexibility index (Phi) is 6.07. The Hall–Kier alpha value is -1.83. The van der Waals surface area contributed by atoms with Gasteiger partial charge in [0.25, 0.3) is 0 Å². The van der Waals surface area contributed by atoms with E-state index in [0.29, 0.717) is 24.0 Å². The molecule has 1 aliphatic carbocycles. The van der Waals surface area contributed by atoms with Crippen LogP contribution in [0.3, 0.4) is 0 Å². The maximum atomic E-state index is 13.1. The highest BCUT2D eigenvalue weighted by molar-refractivity contribution is 7.98. The van der Waals surface area contributed by atoms with E-state index in [0.717, 1.165) is 47.6 Å². The van der Waals surface area contributed by atoms with Gasteiger partial charge in [0.15, 0.2) is 5.16 Å². The van der Waals surface area contributed by atoms with Crippen molar-refractivity contribution in [3.8, 4) is 0 Å². The zero-order valence-electron chi connectivity index (χ0n) is 18.9. The van der Waals surface area contributed by atoms with Crippen LogP contribution < -0.4 is 0 Å². The SMILES string of the molecule is Cc1ccc(C)c(CSc2nc3cc(S(=O)(=O)N4CCCC4)ccc3n2C2CCCC2)c1. The Labute approximate surface area is 195 Å². The number of fused-ring (bicyclic) bond motifs is 1. The Morgan fingerprint density at radius 1 is 1.00 bits per heavy atom. The third-order valence-corrected chi connectivity index (χ3v) is 9.78. The van der Waals surface area contributed by atoms with Crippen molar-refractivity contribution >= 4 is 32.8 Å². The van der Waals surface area contributed by atoms with Gasteiger partial charge in [-0.1, -0.05) is 48.4 Å². The lowest BCUT2D eigenvalue weighted by Gasteiger charge is -2.17. The summed E-state index contributed by atoms with van der Waals surface area (Å²) in [5.74, 6) is 0.864. The molecule has 7 heteroatoms. The van der Waals surface area contributed by atoms with Crippen molar-refractivity contribution in [2.24, 2.45) is 0 Å². The first-order valence-electron chi connectivity index (χ1n) is 11.6. The largest absolute Gasteiger partial charge is 0.316 e. The van der Waals surface area contributed by atoms with Crippen molar-refractivity contribution in [2.45, 2.75) is 74.2 Å². The molecule has 2 fully saturated rings. The van der Waals surface area contributed by atoms with E-state index in [4.69, 9.17) is 4.98 Å². The summed E-state index contributed by atoms with van der Waals surface area (Å²) in [7, 11) is -3.44. The number of rotatable bonds is 6. The van der Waals surface area contributed by atoms with Crippen molar-refractivity contribution in [3.63, 3.8) is 0 Å². The molecular weight excluding hydrogens is 438 g/mol. The lowest BCUT2D eigenvalue weighted by molar-refractivity contribution is 0.477. The summed E-state index contributed by atoms with van der Waals surface area (Å²) in [6.07, 6.45) is 6.69. The Morgan fingerprint density at radius 3 is 2.50 bits per heavy atom. The van der Waals surface area contributed by atoms with E-state index in [1.165, 1.54) is 29.5 Å². The lowest BCUT2D eigenvalue weighted by Crippen LogP contribution is -2.27. The van der Waals surface area contributed by atoms with Gasteiger partial charge >= 0.3 is 0 Å². The van der Waals surface area contributed by atoms with Gasteiger partial charge in [0.2, 0.25) is 10.0 Å². The van der Waals surface area contributed by atoms with E-state index >= 15 is 0 Å². The van der Waals surface area contributed by atoms with Gasteiger partial charge in [0, 0.05) is 24.9 Å². The first-order chi connectivity index (χ1) is 15.4. The molecule has 32 heavy (non-hydrogen) atoms. The summed E-state index contributed by atoms with van der Waals surface area (Å²) in [4.78, 5) is 5.34. The Balaban J connectivity index is 1.52. The number of aromatic nitrogens is 2. The number of hydrogen-bond donors (Lipinski definition) is 0. The molecule has 170 valence electrons. The lowest BCUT2D eigenvalue weighted by atomic mass is 10.1. The van der Waals surface area contributed by atoms with Crippen molar-refractivity contribution in [2.75, 3.05) is 13.1 Å². The van der Waals surface area contributed by atoms with Crippen LogP contribution in [0.5, 0.6) is 0 Å². The third kappa shape index (κ3) is 4.11. The summed E-state index contributed by atoms with van der Waals surface area (Å²) >= 11 is 1.77. The molecule has 0 amide bonds. The fraction of sp³-hybridized carbons (Fsp3) is 0.480. The van der Waals surface area contributed by atoms with Crippen LogP contribution in [0, 0.1) is 13.8 Å². The van der Waals surface area contributed by atoms with E-state index in [2.05, 4.69) is 36.6 Å². The maximum absolute atomic E-state index is 13.1. The van der Waals surface area contributed by atoms with Gasteiger partial charge in [-0.2, -0.15) is 4.31 Å². The number of aryl methyl sites for hydroxylation is 2. The normalized spacial score (nSPS) is 18.2. The summed E-state index contributed by atoms with van der Waals surface area (Å²) < 4.78 is 30.2. The smallest absolute Gasteiger partial charge is 0.243 e. The van der Waals surface area contributed by atoms with Crippen LogP contribution in [0.25, 0.3) is 11.0 Å². The Morgan fingerprint density at radius 2 is 1.75 bits per heavy atom. The summed E-state index contributed by atoms with van der Waals surface area (Å²) in [5, 5.41) is 1.00. The molecule has 2 heterocycles. The van der Waals surface area contributed by atoms with Crippen LogP contribution in [0.2, 0.25) is 0 Å². The quantitative estimate of drug-likeness (QED) is 0.425. The molecule has 5 nitrogen and oxygen atoms in total. The molecular formula is C25H31N3O2S2. The highest BCUT2D eigenvalue weighted by Crippen LogP contribution is 2.38. The molecule has 2 aromatic carbocycles. The minimum absolute atomic E-state index is 0.369. The minimum atomic E-state index is -3.44. The zero-order chi connectivity index (χ0) is 22.3. The molecule has 0 N–H and O–H groups in total. The van der Waals surface area contributed by atoms with Crippen LogP contribution in [0.4, 0.5) is 0 Å². The van der Waals surface area contributed by atoms with E-state index < -0.39 is 10.0 Å². The van der Waals surface area contributed by atoms with E-state index in [-0.39, 0.29) is 0 Å². The molecule has 1 aliphatic heterocycles. The number of nitrogens with zero attached hydrogens (tertiary/aromatic N) is 3. The molecule has 0 atom stereocenters. The average molecular weight is 470 g/mol. The zero-order valence-corrected chi connectivity index (χ0v) is 20.5. The van der Waals surface area contributed by atoms with Gasteiger partial charge in [0.05, 0.1) is 15.9 Å². The highest BCUT2D eigenvalue weighted by Gasteiger charge is 2.29. The number of imidazole rings is 1. The van der Waals surface area contributed by atoms with Crippen LogP contribution >= 0.6 is 11.8 Å². The van der Waals surface area contributed by atoms with Gasteiger partial charge in [-0.15, -0.1) is 0 Å². The summed E-state index contributed by atoms with van der Waals surface area (Å²) in [5.41, 5.74) is 5.75. The van der Waals surface area contributed by atoms with Gasteiger partial charge in [0.1, 0.15) is 0 Å². The van der Waals surface area contributed by atoms with Crippen molar-refractivity contribution in [1.82, 2.24) is 13.9 Å². The minimum Gasteiger partial charge on any atom is -0.316 e. The molecule has 1 saturated carbocycles. The first kappa shape index (κ1) is 22.0. The number of benzene rings is 2. The predicted octanol–water partition coefficient (Wildman–Crippen LogP) is 5.85. The van der Waals surface area contributed by atoms with E-state index in [1.54, 1.807) is 28.2 Å². The van der Waals surface area contributed by atoms with Crippen LogP contribution in [-0.2, 0) is 15.8 Å². The number of hydrogen-bond acceptors (Lipinski definition) is 4. The molecule has 0 spiro atoms. The topological polar surface area (TPSA) is 55.2 Å². The molecule has 5 rings (SSSR count). The average Bonchev–Trinajstić information content (AvgIpc) is 3.53. The first-order valence-corrected chi connectivity index (χ1v) is 14.1. The van der Waals surface area contributed by atoms with Crippen molar-refractivity contribution in [3.05, 3.63) is 53.1 Å². The fourth-order valence-electron chi connectivity index (χ4n) is 5.01. The van der Waals surface area contributed by atoms with E-state index in [9.17, 15) is 8.42 Å². The van der Waals surface area contributed by atoms with E-state index in [1.807, 2.05) is 6.07 Å². The van der Waals surface area contributed by atoms with Crippen molar-refractivity contribution < 1.29 is 8.42 Å². The highest BCUT2D eigenvalue weighted by atomic mass is 32.2. The second-order valence-corrected chi connectivity index (χ2v) is 12.1. The maximum Gasteiger partial charge on any atom is 0.243 e. The number of thioether (sulfide) groups is 1. The van der Waals surface area contributed by atoms with Crippen LogP contribution in [0.15, 0.2) is 46.5 Å². The molecule has 1 aromatic heterocycles. The molecule has 2 aliphatic rings. The third-order valence-electron chi connectivity index (χ3n) is 6.88. The summed E-state index contributed by atoms with van der Waals surface area (Å²) in [6.45, 7) is 5.52. The van der Waals surface area contributed by atoms with Crippen LogP contribution in [-0.4, -0.2) is 35.4 Å². The van der Waals surface area contributed by atoms with Gasteiger partial charge < -0.3 is 4.57 Å². The van der Waals surface area contributed by atoms with Gasteiger partial charge in [-0.25, -0.2) is 13.4 Å². The van der Waals surface area contributed by atoms with Crippen molar-refractivity contribution in [1.29, 1.82) is 0 Å². The molecule has 0 radical (unpaired) electrons. The predicted molar refractivity (Wildman–Crippen MR) is 131 cm³/mol. The standard InChI is InChI=1S/C25H31N3O2S2/c1-18-9-10-19(2)20(15-18)17-31-25-26-23-16-22(32(29,30)27-13-5-6-14-27)11-12-24(23)28(25)21-7-3-4-8-21/h9-12,15-16,21H,3-8,13-14,17H2,1-2H3. The van der Waals surface area contributed by atoms with Gasteiger partial charge in [-0.05, 0) is 68.9 Å². The second-order valence-electron chi connectivity index (χ2n) is 9.18. The second kappa shape index (κ2) is 8.84. The monoisotopic (exact) mass is 469 g/mol. The molecule has 1 saturated heterocycles. The molecule has 0 unspecified atom stereocenters. The number of sulfonamides is 1. The molecule has 3 aromatic rings. The fourth-order valence-corrected chi connectivity index (χ4v) is 7.69. The summed E-state index contributed by atoms with van der Waals surface area (Å²) in [6, 6.07) is 12.6. The Bertz CT molecular complexity index is 1240. The molecule has 0 bridgehead atoms.